The van der Waals surface area contributed by atoms with Crippen molar-refractivity contribution in [3.8, 4) is 11.4 Å². The van der Waals surface area contributed by atoms with Crippen LogP contribution < -0.4 is 10.2 Å². The molecule has 2 amide bonds. The number of anilines is 1. The number of fused-ring (bicyclic) bond motifs is 2. The first-order chi connectivity index (χ1) is 16.5. The Balaban J connectivity index is 1.42. The van der Waals surface area contributed by atoms with Crippen LogP contribution in [-0.4, -0.2) is 28.5 Å². The summed E-state index contributed by atoms with van der Waals surface area (Å²) in [5.74, 6) is 0.517. The maximum absolute atomic E-state index is 13.1. The molecule has 0 saturated heterocycles. The molecule has 1 aliphatic rings. The Bertz CT molecular complexity index is 1370. The number of rotatable bonds is 5. The minimum Gasteiger partial charge on any atom is -0.341 e. The van der Waals surface area contributed by atoms with E-state index in [2.05, 4.69) is 15.5 Å². The van der Waals surface area contributed by atoms with Gasteiger partial charge in [0.1, 0.15) is 6.04 Å². The zero-order valence-corrected chi connectivity index (χ0v) is 19.5. The van der Waals surface area contributed by atoms with Gasteiger partial charge in [-0.05, 0) is 56.3 Å². The highest BCUT2D eigenvalue weighted by Crippen LogP contribution is 2.42. The van der Waals surface area contributed by atoms with Crippen molar-refractivity contribution in [2.24, 2.45) is 0 Å². The number of hydrogen-bond donors (Lipinski definition) is 1. The second kappa shape index (κ2) is 9.15. The first-order valence-corrected chi connectivity index (χ1v) is 11.8. The first-order valence-electron chi connectivity index (χ1n) is 11.0. The number of nitrogens with zero attached hydrogens (tertiary/aromatic N) is 3. The fourth-order valence-corrected chi connectivity index (χ4v) is 4.95. The molecule has 34 heavy (non-hydrogen) atoms. The number of carbonyl (C=O) groups is 2. The zero-order valence-electron chi connectivity index (χ0n) is 18.7. The summed E-state index contributed by atoms with van der Waals surface area (Å²) >= 11 is 1.55. The molecule has 0 radical (unpaired) electrons. The summed E-state index contributed by atoms with van der Waals surface area (Å²) in [5.41, 5.74) is 2.87. The third-order valence-corrected chi connectivity index (χ3v) is 6.73. The van der Waals surface area contributed by atoms with Crippen molar-refractivity contribution in [2.45, 2.75) is 29.7 Å². The molecule has 0 saturated carbocycles. The highest BCUT2D eigenvalue weighted by atomic mass is 32.2. The molecule has 0 spiro atoms. The van der Waals surface area contributed by atoms with E-state index in [1.165, 1.54) is 0 Å². The van der Waals surface area contributed by atoms with Crippen LogP contribution in [0.3, 0.4) is 0 Å². The van der Waals surface area contributed by atoms with Gasteiger partial charge >= 0.3 is 0 Å². The second-order valence-corrected chi connectivity index (χ2v) is 8.93. The number of hydrogen-bond acceptors (Lipinski definition) is 6. The lowest BCUT2D eigenvalue weighted by Gasteiger charge is -2.21. The molecule has 1 N–H and O–H groups in total. The lowest BCUT2D eigenvalue weighted by Crippen LogP contribution is -2.30. The van der Waals surface area contributed by atoms with E-state index >= 15 is 0 Å². The van der Waals surface area contributed by atoms with Gasteiger partial charge in [0.25, 0.3) is 11.8 Å². The van der Waals surface area contributed by atoms with Crippen LogP contribution in [0.4, 0.5) is 5.69 Å². The third kappa shape index (κ3) is 4.08. The number of carbonyl (C=O) groups excluding carboxylic acids is 2. The van der Waals surface area contributed by atoms with Gasteiger partial charge in [-0.1, -0.05) is 47.3 Å². The minimum absolute atomic E-state index is 0.0121. The van der Waals surface area contributed by atoms with Crippen molar-refractivity contribution in [3.05, 3.63) is 89.8 Å². The maximum atomic E-state index is 13.1. The van der Waals surface area contributed by atoms with Gasteiger partial charge in [0.2, 0.25) is 11.7 Å². The summed E-state index contributed by atoms with van der Waals surface area (Å²) in [4.78, 5) is 33.7. The summed E-state index contributed by atoms with van der Waals surface area (Å²) in [6.45, 7) is 4.32. The van der Waals surface area contributed by atoms with Crippen LogP contribution >= 0.6 is 11.8 Å². The Labute approximate surface area is 201 Å². The minimum atomic E-state index is -0.454. The molecule has 8 heteroatoms. The van der Waals surface area contributed by atoms with Gasteiger partial charge in [0.15, 0.2) is 0 Å². The molecule has 1 atom stereocenters. The van der Waals surface area contributed by atoms with Gasteiger partial charge in [0.05, 0.1) is 11.3 Å². The standard InChI is InChI=1S/C26H22N4O3S/c1-3-30-20-14-13-18(15-22(20)34-21-12-8-7-11-19(21)26(30)32)23-28-25(33-29-23)16(2)27-24(31)17-9-5-4-6-10-17/h4-16H,3H2,1-2H3,(H,27,31)/t16-/m0/s1. The van der Waals surface area contributed by atoms with Crippen molar-refractivity contribution in [3.63, 3.8) is 0 Å². The molecular formula is C26H22N4O3S. The van der Waals surface area contributed by atoms with E-state index in [0.717, 1.165) is 21.0 Å². The van der Waals surface area contributed by atoms with E-state index in [1.54, 1.807) is 35.7 Å². The van der Waals surface area contributed by atoms with Crippen LogP contribution in [0.15, 0.2) is 87.1 Å². The molecule has 7 nitrogen and oxygen atoms in total. The Morgan fingerprint density at radius 1 is 1.06 bits per heavy atom. The fourth-order valence-electron chi connectivity index (χ4n) is 3.84. The summed E-state index contributed by atoms with van der Waals surface area (Å²) < 4.78 is 5.45. The van der Waals surface area contributed by atoms with Crippen LogP contribution in [0, 0.1) is 0 Å². The molecule has 170 valence electrons. The highest BCUT2D eigenvalue weighted by Gasteiger charge is 2.27. The lowest BCUT2D eigenvalue weighted by molar-refractivity contribution is 0.0931. The molecule has 1 aromatic heterocycles. The predicted molar refractivity (Wildman–Crippen MR) is 130 cm³/mol. The number of amides is 2. The summed E-state index contributed by atoms with van der Waals surface area (Å²) in [6.07, 6.45) is 0. The van der Waals surface area contributed by atoms with Gasteiger partial charge in [-0.3, -0.25) is 9.59 Å². The van der Waals surface area contributed by atoms with Gasteiger partial charge in [0, 0.05) is 27.5 Å². The monoisotopic (exact) mass is 470 g/mol. The van der Waals surface area contributed by atoms with Crippen molar-refractivity contribution < 1.29 is 14.1 Å². The smallest absolute Gasteiger partial charge is 0.259 e. The molecule has 2 heterocycles. The van der Waals surface area contributed by atoms with Gasteiger partial charge in [-0.2, -0.15) is 4.98 Å². The van der Waals surface area contributed by atoms with Crippen molar-refractivity contribution in [1.82, 2.24) is 15.5 Å². The largest absolute Gasteiger partial charge is 0.341 e. The SMILES string of the molecule is CCN1C(=O)c2ccccc2Sc2cc(-c3noc([C@H](C)NC(=O)c4ccccc4)n3)ccc21. The molecule has 4 aromatic rings. The van der Waals surface area contributed by atoms with E-state index in [-0.39, 0.29) is 11.8 Å². The summed E-state index contributed by atoms with van der Waals surface area (Å²) in [5, 5.41) is 7.01. The van der Waals surface area contributed by atoms with Crippen LogP contribution in [0.1, 0.15) is 46.5 Å². The predicted octanol–water partition coefficient (Wildman–Crippen LogP) is 5.36. The Kier molecular flexibility index (Phi) is 5.90. The molecule has 3 aromatic carbocycles. The number of nitrogens with one attached hydrogen (secondary N) is 1. The molecule has 5 rings (SSSR count). The Morgan fingerprint density at radius 2 is 1.82 bits per heavy atom. The van der Waals surface area contributed by atoms with Crippen LogP contribution in [0.25, 0.3) is 11.4 Å². The fraction of sp³-hybridized carbons (Fsp3) is 0.154. The topological polar surface area (TPSA) is 88.3 Å². The molecule has 0 bridgehead atoms. The average molecular weight is 471 g/mol. The van der Waals surface area contributed by atoms with Crippen LogP contribution in [0.2, 0.25) is 0 Å². The van der Waals surface area contributed by atoms with E-state index in [9.17, 15) is 9.59 Å². The molecular weight excluding hydrogens is 448 g/mol. The Morgan fingerprint density at radius 3 is 2.62 bits per heavy atom. The van der Waals surface area contributed by atoms with Gasteiger partial charge in [-0.15, -0.1) is 0 Å². The van der Waals surface area contributed by atoms with E-state index in [0.29, 0.717) is 29.4 Å². The quantitative estimate of drug-likeness (QED) is 0.423. The maximum Gasteiger partial charge on any atom is 0.259 e. The summed E-state index contributed by atoms with van der Waals surface area (Å²) in [7, 11) is 0. The van der Waals surface area contributed by atoms with Gasteiger partial charge in [-0.25, -0.2) is 0 Å². The van der Waals surface area contributed by atoms with Gasteiger partial charge < -0.3 is 14.7 Å². The second-order valence-electron chi connectivity index (χ2n) is 7.85. The molecule has 0 aliphatic carbocycles. The lowest BCUT2D eigenvalue weighted by atomic mass is 10.1. The normalized spacial score (nSPS) is 13.6. The number of benzene rings is 3. The average Bonchev–Trinajstić information content (AvgIpc) is 3.32. The van der Waals surface area contributed by atoms with Crippen molar-refractivity contribution >= 4 is 29.3 Å². The van der Waals surface area contributed by atoms with Crippen LogP contribution in [0.5, 0.6) is 0 Å². The van der Waals surface area contributed by atoms with E-state index in [4.69, 9.17) is 4.52 Å². The van der Waals surface area contributed by atoms with Crippen molar-refractivity contribution in [1.29, 1.82) is 0 Å². The zero-order chi connectivity index (χ0) is 23.7. The number of aromatic nitrogens is 2. The van der Waals surface area contributed by atoms with Crippen LogP contribution in [-0.2, 0) is 0 Å². The van der Waals surface area contributed by atoms with E-state index < -0.39 is 6.04 Å². The third-order valence-electron chi connectivity index (χ3n) is 5.60. The first kappa shape index (κ1) is 21.9. The van der Waals surface area contributed by atoms with E-state index in [1.807, 2.05) is 67.6 Å². The van der Waals surface area contributed by atoms with Crippen molar-refractivity contribution in [2.75, 3.05) is 11.4 Å². The molecule has 0 unspecified atom stereocenters. The molecule has 1 aliphatic heterocycles. The Hall–Kier alpha value is -3.91. The summed E-state index contributed by atoms with van der Waals surface area (Å²) in [6, 6.07) is 21.9. The molecule has 0 fully saturated rings. The highest BCUT2D eigenvalue weighted by molar-refractivity contribution is 7.99.